The Balaban J connectivity index is 0.000000138. The van der Waals surface area contributed by atoms with Crippen LogP contribution in [-0.4, -0.2) is 47.1 Å². The van der Waals surface area contributed by atoms with E-state index >= 15 is 0 Å². The Bertz CT molecular complexity index is 6690. The zero-order valence-corrected chi connectivity index (χ0v) is 59.8. The number of nitrogens with zero attached hydrogens (tertiary/aromatic N) is 6. The summed E-state index contributed by atoms with van der Waals surface area (Å²) in [5.74, 6) is 3.73. The first kappa shape index (κ1) is 67.4. The molecule has 0 saturated heterocycles. The molecule has 109 heavy (non-hydrogen) atoms. The minimum absolute atomic E-state index is 0.487. The van der Waals surface area contributed by atoms with Gasteiger partial charge in [0.15, 0.2) is 40.5 Å². The first-order valence-electron chi connectivity index (χ1n) is 35.7. The Kier molecular flexibility index (Phi) is 18.2. The average Bonchev–Trinajstić information content (AvgIpc) is 1.60. The fourth-order valence-corrected chi connectivity index (χ4v) is 15.1. The van der Waals surface area contributed by atoms with Gasteiger partial charge in [-0.05, 0) is 125 Å². The van der Waals surface area contributed by atoms with Crippen molar-refractivity contribution in [3.8, 4) is 113 Å². The highest BCUT2D eigenvalue weighted by atomic mass is 35.5. The lowest BCUT2D eigenvalue weighted by Crippen LogP contribution is -2.30. The van der Waals surface area contributed by atoms with Crippen molar-refractivity contribution < 1.29 is 18.9 Å². The van der Waals surface area contributed by atoms with Crippen LogP contribution >= 0.6 is 23.2 Å². The van der Waals surface area contributed by atoms with Crippen molar-refractivity contribution in [3.05, 3.63) is 368 Å². The summed E-state index contributed by atoms with van der Waals surface area (Å²) >= 11 is 12.8. The summed E-state index contributed by atoms with van der Waals surface area (Å²) in [6.45, 7) is 0. The Morgan fingerprint density at radius 1 is 0.239 bits per heavy atom. The fourth-order valence-electron chi connectivity index (χ4n) is 14.6. The lowest BCUT2D eigenvalue weighted by atomic mass is 9.77. The van der Waals surface area contributed by atoms with Crippen LogP contribution in [0.5, 0.6) is 0 Å². The lowest BCUT2D eigenvalue weighted by Gasteiger charge is -2.13. The van der Waals surface area contributed by atoms with Crippen molar-refractivity contribution in [2.24, 2.45) is 0 Å². The molecule has 0 aliphatic rings. The molecule has 4 heterocycles. The van der Waals surface area contributed by atoms with Gasteiger partial charge in [-0.3, -0.25) is 0 Å². The number of benzene rings is 16. The summed E-state index contributed by atoms with van der Waals surface area (Å²) in [4.78, 5) is 29.6. The average molecular weight is 1440 g/mol. The lowest BCUT2D eigenvalue weighted by molar-refractivity contribution is 0.426. The first-order chi connectivity index (χ1) is 53.7. The third-order valence-corrected chi connectivity index (χ3v) is 20.2. The summed E-state index contributed by atoms with van der Waals surface area (Å²) in [6.07, 6.45) is 0. The molecule has 4 aromatic heterocycles. The van der Waals surface area contributed by atoms with E-state index in [1.54, 1.807) is 12.1 Å². The van der Waals surface area contributed by atoms with Gasteiger partial charge >= 0.3 is 7.12 Å². The van der Waals surface area contributed by atoms with E-state index in [0.717, 1.165) is 121 Å². The number of fused-ring (bicyclic) bond motifs is 9. The number of halogens is 2. The van der Waals surface area contributed by atoms with Gasteiger partial charge in [-0.25, -0.2) is 29.9 Å². The van der Waals surface area contributed by atoms with Crippen molar-refractivity contribution in [2.45, 2.75) is 0 Å². The molecule has 0 unspecified atom stereocenters. The minimum atomic E-state index is -1.40. The monoisotopic (exact) mass is 1440 g/mol. The van der Waals surface area contributed by atoms with Crippen LogP contribution < -0.4 is 5.46 Å². The van der Waals surface area contributed by atoms with Crippen LogP contribution in [-0.2, 0) is 0 Å². The second-order valence-corrected chi connectivity index (χ2v) is 27.3. The van der Waals surface area contributed by atoms with E-state index in [2.05, 4.69) is 158 Å². The second-order valence-electron chi connectivity index (χ2n) is 26.5. The molecule has 2 N–H and O–H groups in total. The van der Waals surface area contributed by atoms with E-state index in [0.29, 0.717) is 56.0 Å². The number of aromatic nitrogens is 6. The Morgan fingerprint density at radius 2 is 0.578 bits per heavy atom. The highest BCUT2D eigenvalue weighted by Crippen LogP contribution is 2.47. The summed E-state index contributed by atoms with van der Waals surface area (Å²) in [5, 5.41) is 29.9. The Hall–Kier alpha value is -13.5. The molecular formula is C96H61BCl2N6O4. The number of rotatable bonds is 11. The van der Waals surface area contributed by atoms with Crippen LogP contribution in [0.3, 0.4) is 0 Å². The topological polar surface area (TPSA) is 144 Å². The van der Waals surface area contributed by atoms with E-state index in [9.17, 15) is 0 Å². The number of hydrogen-bond donors (Lipinski definition) is 2. The third-order valence-electron chi connectivity index (χ3n) is 19.7. The zero-order chi connectivity index (χ0) is 73.3. The largest absolute Gasteiger partial charge is 0.489 e. The maximum atomic E-state index is 9.08. The number of hydrogen-bond acceptors (Lipinski definition) is 10. The summed E-state index contributed by atoms with van der Waals surface area (Å²) in [5.41, 5.74) is 17.8. The van der Waals surface area contributed by atoms with Gasteiger partial charge in [0.2, 0.25) is 0 Å². The fraction of sp³-hybridized carbons (Fsp3) is 0. The Labute approximate surface area is 637 Å². The molecule has 0 spiro atoms. The van der Waals surface area contributed by atoms with Crippen LogP contribution in [0.15, 0.2) is 367 Å². The van der Waals surface area contributed by atoms with Crippen molar-refractivity contribution in [1.82, 2.24) is 29.9 Å². The molecule has 0 aliphatic carbocycles. The highest BCUT2D eigenvalue weighted by molar-refractivity contribution is 6.62. The summed E-state index contributed by atoms with van der Waals surface area (Å²) < 4.78 is 13.1. The Morgan fingerprint density at radius 3 is 1.06 bits per heavy atom. The molecule has 16 aromatic carbocycles. The normalized spacial score (nSPS) is 11.3. The SMILES string of the molecule is Clc1cc(Cl)c2oc3cccc(-c4cccc(-c5nc(-c6ccccc6)nc(-c6ccccc6)n5)c4)c3c2c1.OB(O)c1cccc2ccccc12.c1ccc(-c2nc(-c3ccccc3)nc(-c3cccc(-c4cccc5oc6c(-c7cccc8ccccc78)cc(-c7cccc8ccccc78)cc6c45)c3)n2)cc1. The van der Waals surface area contributed by atoms with E-state index in [-0.39, 0.29) is 0 Å². The quantitative estimate of drug-likeness (QED) is 0.120. The van der Waals surface area contributed by atoms with Gasteiger partial charge in [0.25, 0.3) is 0 Å². The highest BCUT2D eigenvalue weighted by Gasteiger charge is 2.23. The molecule has 13 heteroatoms. The van der Waals surface area contributed by atoms with E-state index in [1.165, 1.54) is 27.1 Å². The van der Waals surface area contributed by atoms with Crippen molar-refractivity contribution in [3.63, 3.8) is 0 Å². The van der Waals surface area contributed by atoms with Crippen molar-refractivity contribution in [1.29, 1.82) is 0 Å². The van der Waals surface area contributed by atoms with Gasteiger partial charge in [0.05, 0.1) is 5.02 Å². The predicted molar refractivity (Wildman–Crippen MR) is 447 cm³/mol. The molecule has 0 amide bonds. The van der Waals surface area contributed by atoms with Gasteiger partial charge < -0.3 is 18.9 Å². The molecule has 0 radical (unpaired) electrons. The van der Waals surface area contributed by atoms with Crippen molar-refractivity contribution >= 4 is 112 Å². The molecule has 0 bridgehead atoms. The van der Waals surface area contributed by atoms with Gasteiger partial charge in [-0.2, -0.15) is 0 Å². The van der Waals surface area contributed by atoms with Crippen LogP contribution in [0.1, 0.15) is 0 Å². The minimum Gasteiger partial charge on any atom is -0.455 e. The van der Waals surface area contributed by atoms with Gasteiger partial charge in [-0.1, -0.05) is 333 Å². The van der Waals surface area contributed by atoms with Crippen LogP contribution in [0, 0.1) is 0 Å². The molecule has 0 atom stereocenters. The van der Waals surface area contributed by atoms with Crippen molar-refractivity contribution in [2.75, 3.05) is 0 Å². The van der Waals surface area contributed by atoms with E-state index in [1.807, 2.05) is 188 Å². The van der Waals surface area contributed by atoms with Crippen LogP contribution in [0.4, 0.5) is 0 Å². The zero-order valence-electron chi connectivity index (χ0n) is 58.3. The van der Waals surface area contributed by atoms with E-state index < -0.39 is 7.12 Å². The maximum Gasteiger partial charge on any atom is 0.489 e. The predicted octanol–water partition coefficient (Wildman–Crippen LogP) is 24.3. The smallest absolute Gasteiger partial charge is 0.455 e. The van der Waals surface area contributed by atoms with Gasteiger partial charge in [-0.15, -0.1) is 0 Å². The molecule has 0 saturated carbocycles. The third kappa shape index (κ3) is 13.4. The molecule has 20 aromatic rings. The molecule has 0 fully saturated rings. The van der Waals surface area contributed by atoms with Gasteiger partial charge in [0.1, 0.15) is 16.7 Å². The van der Waals surface area contributed by atoms with Crippen LogP contribution in [0.2, 0.25) is 10.0 Å². The molecule has 10 nitrogen and oxygen atoms in total. The number of furan rings is 2. The van der Waals surface area contributed by atoms with E-state index in [4.69, 9.17) is 72.0 Å². The standard InChI is InChI=1S/C53H33N3O.C33H19Cl2N3O.C10H9BO2/c1-3-17-36(18-4-1)51-54-52(37-19-5-2-6-20-37)56-53(55-51)39-24-11-23-38(31-39)44-28-14-30-48-49(44)47-33-40(43-27-12-21-34-15-7-9-25-41(34)43)32-46(50(47)57-48)45-29-13-22-35-16-8-10-26-42(35)45;34-24-18-26-29-25(15-8-16-28(29)39-30(26)27(35)19-24)22-13-7-14-23(17-22)33-37-31(20-9-3-1-4-10-20)36-32(38-33)21-11-5-2-6-12-21;12-11(13)10-7-3-5-8-4-1-2-6-9(8)10/h1-33H;1-19H;1-7,12-13H. The molecule has 516 valence electrons. The second kappa shape index (κ2) is 29.4. The first-order valence-corrected chi connectivity index (χ1v) is 36.5. The summed E-state index contributed by atoms with van der Waals surface area (Å²) in [6, 6.07) is 121. The van der Waals surface area contributed by atoms with Gasteiger partial charge in [0, 0.05) is 65.5 Å². The molecule has 20 rings (SSSR count). The molecular weight excluding hydrogens is 1380 g/mol. The molecule has 0 aliphatic heterocycles. The summed E-state index contributed by atoms with van der Waals surface area (Å²) in [7, 11) is -1.40. The van der Waals surface area contributed by atoms with Crippen LogP contribution in [0.25, 0.3) is 189 Å². The maximum absolute atomic E-state index is 9.08.